The Bertz CT molecular complexity index is 1390. The minimum absolute atomic E-state index is 0.0689. The molecule has 2 aromatic heterocycles. The molecule has 0 bridgehead atoms. The summed E-state index contributed by atoms with van der Waals surface area (Å²) in [5.41, 5.74) is 2.99. The zero-order valence-electron chi connectivity index (χ0n) is 18.9. The fourth-order valence-electron chi connectivity index (χ4n) is 4.28. The molecule has 2 heterocycles. The predicted molar refractivity (Wildman–Crippen MR) is 124 cm³/mol. The second-order valence-electron chi connectivity index (χ2n) is 8.24. The second-order valence-corrected chi connectivity index (χ2v) is 8.24. The lowest BCUT2D eigenvalue weighted by Gasteiger charge is -2.13. The molecule has 0 aliphatic carbocycles. The van der Waals surface area contributed by atoms with E-state index in [9.17, 15) is 14.8 Å². The van der Waals surface area contributed by atoms with Crippen molar-refractivity contribution in [3.8, 4) is 5.75 Å². The molecule has 0 unspecified atom stereocenters. The summed E-state index contributed by atoms with van der Waals surface area (Å²) in [6.07, 6.45) is 1.38. The molecular formula is C24H26N4O4. The van der Waals surface area contributed by atoms with Gasteiger partial charge in [0.2, 0.25) is 0 Å². The van der Waals surface area contributed by atoms with Crippen molar-refractivity contribution < 1.29 is 19.1 Å². The summed E-state index contributed by atoms with van der Waals surface area (Å²) >= 11 is 0. The largest absolute Gasteiger partial charge is 0.618 e. The number of pyridine rings is 1. The summed E-state index contributed by atoms with van der Waals surface area (Å²) in [6, 6.07) is 9.10. The van der Waals surface area contributed by atoms with E-state index in [-0.39, 0.29) is 5.69 Å². The van der Waals surface area contributed by atoms with E-state index in [0.29, 0.717) is 29.0 Å². The number of carbonyl (C=O) groups is 2. The lowest BCUT2D eigenvalue weighted by Crippen LogP contribution is -2.41. The molecular weight excluding hydrogens is 408 g/mol. The quantitative estimate of drug-likeness (QED) is 0.226. The minimum atomic E-state index is -0.410. The summed E-state index contributed by atoms with van der Waals surface area (Å²) in [6.45, 7) is 4.45. The average molecular weight is 434 g/mol. The third kappa shape index (κ3) is 3.62. The molecule has 4 aromatic rings. The van der Waals surface area contributed by atoms with Gasteiger partial charge in [-0.05, 0) is 56.2 Å². The molecule has 0 atom stereocenters. The van der Waals surface area contributed by atoms with Crippen molar-refractivity contribution in [2.24, 2.45) is 7.05 Å². The monoisotopic (exact) mass is 434 g/mol. The first kappa shape index (κ1) is 21.6. The van der Waals surface area contributed by atoms with Gasteiger partial charge in [-0.3, -0.25) is 9.59 Å². The van der Waals surface area contributed by atoms with Gasteiger partial charge in [0.15, 0.2) is 6.20 Å². The van der Waals surface area contributed by atoms with Crippen molar-refractivity contribution in [2.45, 2.75) is 13.8 Å². The van der Waals surface area contributed by atoms with E-state index in [2.05, 4.69) is 9.88 Å². The van der Waals surface area contributed by atoms with Gasteiger partial charge in [0, 0.05) is 49.4 Å². The Labute approximate surface area is 185 Å². The molecule has 0 fully saturated rings. The molecule has 4 rings (SSSR count). The zero-order valence-corrected chi connectivity index (χ0v) is 18.9. The molecule has 0 aliphatic heterocycles. The topological polar surface area (TPSA) is 90.5 Å². The first-order chi connectivity index (χ1) is 15.2. The van der Waals surface area contributed by atoms with Gasteiger partial charge in [-0.25, -0.2) is 0 Å². The third-order valence-corrected chi connectivity index (χ3v) is 5.72. The van der Waals surface area contributed by atoms with Gasteiger partial charge in [0.1, 0.15) is 5.75 Å². The average Bonchev–Trinajstić information content (AvgIpc) is 2.99. The van der Waals surface area contributed by atoms with Crippen LogP contribution in [0.25, 0.3) is 32.6 Å². The fraction of sp³-hybridized carbons (Fsp3) is 0.292. The van der Waals surface area contributed by atoms with E-state index >= 15 is 0 Å². The predicted octanol–water partition coefficient (Wildman–Crippen LogP) is 2.64. The number of esters is 1. The maximum absolute atomic E-state index is 12.9. The van der Waals surface area contributed by atoms with Crippen molar-refractivity contribution in [3.63, 3.8) is 0 Å². The Morgan fingerprint density at radius 1 is 1.12 bits per heavy atom. The molecule has 1 amide bonds. The smallest absolute Gasteiger partial charge is 0.318 e. The number of aryl methyl sites for hydroxylation is 2. The highest BCUT2D eigenvalue weighted by molar-refractivity contribution is 6.17. The SMILES string of the molecule is CC(=O)Oc1ccc2c(c1)c1cc3c(C(=O)NCCN(C)C)[n+]([O-])ccc3c(C)c1n2C. The Hall–Kier alpha value is -3.65. The normalized spacial score (nSPS) is 11.6. The first-order valence-corrected chi connectivity index (χ1v) is 10.4. The molecule has 166 valence electrons. The van der Waals surface area contributed by atoms with Crippen LogP contribution < -0.4 is 14.8 Å². The van der Waals surface area contributed by atoms with Crippen LogP contribution in [0.3, 0.4) is 0 Å². The van der Waals surface area contributed by atoms with E-state index in [1.807, 2.05) is 51.2 Å². The number of nitrogens with one attached hydrogen (secondary N) is 1. The highest BCUT2D eigenvalue weighted by atomic mass is 16.5. The van der Waals surface area contributed by atoms with Crippen LogP contribution in [0.2, 0.25) is 0 Å². The Balaban J connectivity index is 1.97. The van der Waals surface area contributed by atoms with Crippen molar-refractivity contribution in [1.29, 1.82) is 0 Å². The number of amides is 1. The van der Waals surface area contributed by atoms with Gasteiger partial charge in [0.25, 0.3) is 5.69 Å². The summed E-state index contributed by atoms with van der Waals surface area (Å²) in [4.78, 5) is 26.3. The van der Waals surface area contributed by atoms with Gasteiger partial charge >= 0.3 is 11.9 Å². The Morgan fingerprint density at radius 3 is 2.56 bits per heavy atom. The first-order valence-electron chi connectivity index (χ1n) is 10.4. The second kappa shape index (κ2) is 8.12. The number of aromatic nitrogens is 2. The van der Waals surface area contributed by atoms with E-state index in [0.717, 1.165) is 32.8 Å². The molecule has 32 heavy (non-hydrogen) atoms. The molecule has 0 aliphatic rings. The number of carbonyl (C=O) groups excluding carboxylic acids is 2. The highest BCUT2D eigenvalue weighted by Gasteiger charge is 2.24. The van der Waals surface area contributed by atoms with E-state index in [4.69, 9.17) is 4.74 Å². The molecule has 8 nitrogen and oxygen atoms in total. The van der Waals surface area contributed by atoms with Crippen LogP contribution in [0.5, 0.6) is 5.75 Å². The van der Waals surface area contributed by atoms with Gasteiger partial charge in [-0.1, -0.05) is 0 Å². The van der Waals surface area contributed by atoms with Gasteiger partial charge in [-0.2, -0.15) is 4.73 Å². The van der Waals surface area contributed by atoms with E-state index < -0.39 is 11.9 Å². The number of nitrogens with zero attached hydrogens (tertiary/aromatic N) is 3. The third-order valence-electron chi connectivity index (χ3n) is 5.72. The van der Waals surface area contributed by atoms with Crippen LogP contribution in [0.4, 0.5) is 0 Å². The van der Waals surface area contributed by atoms with Crippen LogP contribution in [-0.4, -0.2) is 48.5 Å². The summed E-state index contributed by atoms with van der Waals surface area (Å²) in [5.74, 6) is -0.355. The van der Waals surface area contributed by atoms with Crippen LogP contribution in [0, 0.1) is 12.1 Å². The number of likely N-dealkylation sites (N-methyl/N-ethyl adjacent to an activating group) is 1. The summed E-state index contributed by atoms with van der Waals surface area (Å²) in [5, 5.41) is 18.7. The molecule has 2 aromatic carbocycles. The van der Waals surface area contributed by atoms with Crippen molar-refractivity contribution in [1.82, 2.24) is 14.8 Å². The van der Waals surface area contributed by atoms with Crippen molar-refractivity contribution in [3.05, 3.63) is 53.0 Å². The maximum atomic E-state index is 12.9. The highest BCUT2D eigenvalue weighted by Crippen LogP contribution is 2.36. The maximum Gasteiger partial charge on any atom is 0.318 e. The Morgan fingerprint density at radius 2 is 1.88 bits per heavy atom. The van der Waals surface area contributed by atoms with Crippen LogP contribution in [0.15, 0.2) is 36.5 Å². The number of rotatable bonds is 5. The molecule has 0 saturated heterocycles. The molecule has 1 N–H and O–H groups in total. The minimum Gasteiger partial charge on any atom is -0.618 e. The van der Waals surface area contributed by atoms with Crippen molar-refractivity contribution >= 4 is 44.5 Å². The standard InChI is InChI=1S/C24H26N4O4/c1-14-17-8-10-28(31)23(24(30)25-9-11-26(3)4)19(17)13-20-18-12-16(32-15(2)29)6-7-21(18)27(5)22(14)20/h6-8,10,12-13H,9,11H2,1-5H3,(H,25,30). The molecule has 0 saturated carbocycles. The number of hydrogen-bond donors (Lipinski definition) is 1. The van der Waals surface area contributed by atoms with Crippen LogP contribution >= 0.6 is 0 Å². The van der Waals surface area contributed by atoms with Crippen molar-refractivity contribution in [2.75, 3.05) is 27.2 Å². The van der Waals surface area contributed by atoms with E-state index in [1.165, 1.54) is 13.1 Å². The lowest BCUT2D eigenvalue weighted by atomic mass is 10.00. The fourth-order valence-corrected chi connectivity index (χ4v) is 4.28. The molecule has 0 spiro atoms. The van der Waals surface area contributed by atoms with Gasteiger partial charge < -0.3 is 24.7 Å². The number of fused-ring (bicyclic) bond motifs is 4. The van der Waals surface area contributed by atoms with Gasteiger partial charge in [-0.15, -0.1) is 0 Å². The summed E-state index contributed by atoms with van der Waals surface area (Å²) in [7, 11) is 5.81. The zero-order chi connectivity index (χ0) is 23.2. The summed E-state index contributed by atoms with van der Waals surface area (Å²) < 4.78 is 7.97. The number of hydrogen-bond acceptors (Lipinski definition) is 5. The molecule has 0 radical (unpaired) electrons. The van der Waals surface area contributed by atoms with Crippen LogP contribution in [0.1, 0.15) is 23.0 Å². The van der Waals surface area contributed by atoms with Crippen LogP contribution in [-0.2, 0) is 11.8 Å². The van der Waals surface area contributed by atoms with E-state index in [1.54, 1.807) is 12.1 Å². The molecule has 8 heteroatoms. The number of benzene rings is 2. The number of ether oxygens (including phenoxy) is 1. The Kier molecular flexibility index (Phi) is 5.48. The van der Waals surface area contributed by atoms with Gasteiger partial charge in [0.05, 0.1) is 10.9 Å². The lowest BCUT2D eigenvalue weighted by molar-refractivity contribution is -0.606.